The smallest absolute Gasteiger partial charge is 0.394 e. The van der Waals surface area contributed by atoms with Gasteiger partial charge in [-0.1, -0.05) is 0 Å². The third-order valence-electron chi connectivity index (χ3n) is 5.02. The van der Waals surface area contributed by atoms with E-state index in [0.29, 0.717) is 0 Å². The number of phosphoric acid groups is 2. The van der Waals surface area contributed by atoms with Crippen molar-refractivity contribution in [2.24, 2.45) is 22.9 Å². The number of nitrogens with two attached hydrogens (primary N) is 4. The standard InChI is InChI=1S/C14H32N4O14P2/c15-1-2-28-33(23,24)32-34(25,26)31-12-5(3-19)30-14(8(17)7(12)16)27-4-6-10(20)11(21)9(18)13(22)29-6/h5-14,19-22H,1-4,15-18H2,(H,23,24)(H,25,26)/t5-,6-,7-,8-,9-,10-,11-,12-,13+,14-/m1/s1. The number of hydrogen-bond donors (Lipinski definition) is 10. The van der Waals surface area contributed by atoms with Crippen molar-refractivity contribution in [3.8, 4) is 0 Å². The van der Waals surface area contributed by atoms with Crippen LogP contribution in [-0.2, 0) is 36.7 Å². The first-order chi connectivity index (χ1) is 15.7. The Bertz CT molecular complexity index is 751. The topological polar surface area (TPSA) is 315 Å². The highest BCUT2D eigenvalue weighted by Gasteiger charge is 2.49. The van der Waals surface area contributed by atoms with Gasteiger partial charge in [-0.25, -0.2) is 9.13 Å². The molecule has 0 bridgehead atoms. The maximum Gasteiger partial charge on any atom is 0.481 e. The summed E-state index contributed by atoms with van der Waals surface area (Å²) in [6, 6.07) is -3.86. The molecule has 0 saturated carbocycles. The molecule has 2 heterocycles. The number of aliphatic hydroxyl groups excluding tert-OH is 4. The Kier molecular flexibility index (Phi) is 10.9. The summed E-state index contributed by atoms with van der Waals surface area (Å²) in [5.41, 5.74) is 22.5. The first-order valence-corrected chi connectivity index (χ1v) is 13.0. The quantitative estimate of drug-likeness (QED) is 0.109. The average Bonchev–Trinajstić information content (AvgIpc) is 2.76. The minimum atomic E-state index is -5.29. The molecule has 2 saturated heterocycles. The summed E-state index contributed by atoms with van der Waals surface area (Å²) < 4.78 is 53.2. The number of phosphoric ester groups is 2. The van der Waals surface area contributed by atoms with Crippen LogP contribution in [0.4, 0.5) is 0 Å². The molecule has 0 aromatic heterocycles. The van der Waals surface area contributed by atoms with E-state index in [-0.39, 0.29) is 6.54 Å². The van der Waals surface area contributed by atoms with Gasteiger partial charge in [-0.3, -0.25) is 9.05 Å². The van der Waals surface area contributed by atoms with E-state index in [2.05, 4.69) is 8.83 Å². The van der Waals surface area contributed by atoms with Crippen LogP contribution in [0.25, 0.3) is 0 Å². The van der Waals surface area contributed by atoms with Gasteiger partial charge >= 0.3 is 15.6 Å². The fraction of sp³-hybridized carbons (Fsp3) is 1.00. The minimum absolute atomic E-state index is 0.178. The highest BCUT2D eigenvalue weighted by atomic mass is 31.3. The summed E-state index contributed by atoms with van der Waals surface area (Å²) in [4.78, 5) is 19.3. The predicted molar refractivity (Wildman–Crippen MR) is 109 cm³/mol. The molecule has 0 spiro atoms. The van der Waals surface area contributed by atoms with E-state index < -0.39 is 96.7 Å². The molecule has 0 aliphatic carbocycles. The van der Waals surface area contributed by atoms with Crippen molar-refractivity contribution >= 4 is 15.6 Å². The lowest BCUT2D eigenvalue weighted by Gasteiger charge is -2.44. The Morgan fingerprint density at radius 2 is 1.53 bits per heavy atom. The van der Waals surface area contributed by atoms with Gasteiger partial charge in [0.05, 0.1) is 37.9 Å². The van der Waals surface area contributed by atoms with Gasteiger partial charge in [0.1, 0.15) is 30.5 Å². The molecule has 20 heteroatoms. The Morgan fingerprint density at radius 3 is 2.12 bits per heavy atom. The van der Waals surface area contributed by atoms with Crippen LogP contribution >= 0.6 is 15.6 Å². The van der Waals surface area contributed by atoms with Gasteiger partial charge in [-0.05, 0) is 0 Å². The Balaban J connectivity index is 2.02. The molecule has 12 atom stereocenters. The van der Waals surface area contributed by atoms with Crippen LogP contribution in [0.3, 0.4) is 0 Å². The lowest BCUT2D eigenvalue weighted by molar-refractivity contribution is -0.283. The normalized spacial score (nSPS) is 42.6. The van der Waals surface area contributed by atoms with E-state index in [1.165, 1.54) is 0 Å². The van der Waals surface area contributed by atoms with E-state index in [1.807, 2.05) is 0 Å². The number of rotatable bonds is 11. The van der Waals surface area contributed by atoms with Crippen LogP contribution in [0.1, 0.15) is 0 Å². The molecule has 2 aliphatic heterocycles. The van der Waals surface area contributed by atoms with E-state index in [9.17, 15) is 39.3 Å². The van der Waals surface area contributed by atoms with Crippen molar-refractivity contribution in [2.45, 2.75) is 61.2 Å². The van der Waals surface area contributed by atoms with Crippen molar-refractivity contribution in [3.63, 3.8) is 0 Å². The van der Waals surface area contributed by atoms with Gasteiger partial charge in [0.25, 0.3) is 0 Å². The van der Waals surface area contributed by atoms with Gasteiger partial charge in [0.15, 0.2) is 12.6 Å². The van der Waals surface area contributed by atoms with E-state index in [0.717, 1.165) is 0 Å². The van der Waals surface area contributed by atoms with E-state index in [4.69, 9.17) is 41.7 Å². The molecule has 0 amide bonds. The number of aliphatic hydroxyl groups is 4. The molecule has 0 aromatic carbocycles. The van der Waals surface area contributed by atoms with E-state index >= 15 is 0 Å². The van der Waals surface area contributed by atoms with Gasteiger partial charge in [-0.2, -0.15) is 4.31 Å². The SMILES string of the molecule is NCCOP(=O)(O)OP(=O)(O)O[C@H]1[C@H](N)[C@@H](N)[C@H](OC[C@H]2O[C@H](O)[C@H](N)[C@@H](O)[C@@H]2O)O[C@@H]1CO. The second-order valence-corrected chi connectivity index (χ2v) is 10.5. The zero-order valence-corrected chi connectivity index (χ0v) is 19.5. The van der Waals surface area contributed by atoms with Crippen LogP contribution in [0.5, 0.6) is 0 Å². The first-order valence-electron chi connectivity index (χ1n) is 9.97. The molecule has 34 heavy (non-hydrogen) atoms. The summed E-state index contributed by atoms with van der Waals surface area (Å²) in [5, 5.41) is 39.2. The summed E-state index contributed by atoms with van der Waals surface area (Å²) in [7, 11) is -10.3. The molecule has 0 aromatic rings. The summed E-state index contributed by atoms with van der Waals surface area (Å²) in [5.74, 6) is 0. The summed E-state index contributed by atoms with van der Waals surface area (Å²) >= 11 is 0. The van der Waals surface area contributed by atoms with Crippen molar-refractivity contribution in [3.05, 3.63) is 0 Å². The van der Waals surface area contributed by atoms with E-state index in [1.54, 1.807) is 0 Å². The maximum absolute atomic E-state index is 12.2. The highest BCUT2D eigenvalue weighted by Crippen LogP contribution is 2.61. The lowest BCUT2D eigenvalue weighted by atomic mass is 9.95. The number of ether oxygens (including phenoxy) is 3. The molecule has 2 unspecified atom stereocenters. The Labute approximate surface area is 193 Å². The molecule has 0 radical (unpaired) electrons. The largest absolute Gasteiger partial charge is 0.481 e. The molecular weight excluding hydrogens is 510 g/mol. The molecule has 14 N–H and O–H groups in total. The van der Waals surface area contributed by atoms with Crippen LogP contribution in [-0.4, -0.2) is 118 Å². The molecule has 2 aliphatic rings. The van der Waals surface area contributed by atoms with Crippen molar-refractivity contribution in [1.82, 2.24) is 0 Å². The average molecular weight is 542 g/mol. The fourth-order valence-corrected chi connectivity index (χ4v) is 5.52. The molecular formula is C14H32N4O14P2. The second kappa shape index (κ2) is 12.4. The van der Waals surface area contributed by atoms with Gasteiger partial charge < -0.3 is 67.4 Å². The van der Waals surface area contributed by atoms with Crippen molar-refractivity contribution in [1.29, 1.82) is 0 Å². The first kappa shape index (κ1) is 30.0. The van der Waals surface area contributed by atoms with Crippen LogP contribution in [0, 0.1) is 0 Å². The predicted octanol–water partition coefficient (Wildman–Crippen LogP) is -5.28. The molecule has 18 nitrogen and oxygen atoms in total. The van der Waals surface area contributed by atoms with Crippen molar-refractivity contribution in [2.75, 3.05) is 26.4 Å². The van der Waals surface area contributed by atoms with Crippen LogP contribution in [0.2, 0.25) is 0 Å². The zero-order chi connectivity index (χ0) is 25.8. The van der Waals surface area contributed by atoms with Gasteiger partial charge in [0, 0.05) is 6.54 Å². The molecule has 202 valence electrons. The fourth-order valence-electron chi connectivity index (χ4n) is 3.21. The second-order valence-electron chi connectivity index (χ2n) is 7.55. The zero-order valence-electron chi connectivity index (χ0n) is 17.8. The molecule has 2 fully saturated rings. The Morgan fingerprint density at radius 1 is 0.882 bits per heavy atom. The Hall–Kier alpha value is -0.180. The monoisotopic (exact) mass is 542 g/mol. The third kappa shape index (κ3) is 7.66. The summed E-state index contributed by atoms with van der Waals surface area (Å²) in [6.07, 6.45) is -10.3. The molecule has 2 rings (SSSR count). The van der Waals surface area contributed by atoms with Gasteiger partial charge in [0.2, 0.25) is 0 Å². The van der Waals surface area contributed by atoms with Crippen LogP contribution in [0.15, 0.2) is 0 Å². The maximum atomic E-state index is 12.2. The minimum Gasteiger partial charge on any atom is -0.394 e. The van der Waals surface area contributed by atoms with Crippen molar-refractivity contribution < 1.29 is 66.9 Å². The highest BCUT2D eigenvalue weighted by molar-refractivity contribution is 7.61. The third-order valence-corrected chi connectivity index (χ3v) is 7.69. The summed E-state index contributed by atoms with van der Waals surface area (Å²) in [6.45, 7) is -1.92. The number of hydrogen-bond acceptors (Lipinski definition) is 16. The van der Waals surface area contributed by atoms with Crippen LogP contribution < -0.4 is 22.9 Å². The lowest BCUT2D eigenvalue weighted by Crippen LogP contribution is -2.67. The van der Waals surface area contributed by atoms with Gasteiger partial charge in [-0.15, -0.1) is 0 Å².